The van der Waals surface area contributed by atoms with Gasteiger partial charge >= 0.3 is 5.97 Å². The fourth-order valence-electron chi connectivity index (χ4n) is 3.06. The van der Waals surface area contributed by atoms with E-state index in [0.29, 0.717) is 11.6 Å². The lowest BCUT2D eigenvalue weighted by molar-refractivity contribution is 0.0693. The van der Waals surface area contributed by atoms with Gasteiger partial charge in [0.05, 0.1) is 5.56 Å². The molecule has 0 saturated heterocycles. The summed E-state index contributed by atoms with van der Waals surface area (Å²) in [7, 11) is 0. The van der Waals surface area contributed by atoms with Gasteiger partial charge in [0.2, 0.25) is 0 Å². The Morgan fingerprint density at radius 3 is 2.61 bits per heavy atom. The first kappa shape index (κ1) is 20.3. The second-order valence-corrected chi connectivity index (χ2v) is 7.80. The molecule has 0 aliphatic rings. The normalized spacial score (nSPS) is 11.0. The molecule has 5 nitrogen and oxygen atoms in total. The Kier molecular flexibility index (Phi) is 7.37. The van der Waals surface area contributed by atoms with Crippen LogP contribution < -0.4 is 4.90 Å². The summed E-state index contributed by atoms with van der Waals surface area (Å²) in [6.45, 7) is 3.94. The minimum Gasteiger partial charge on any atom is -0.478 e. The van der Waals surface area contributed by atoms with E-state index in [1.165, 1.54) is 12.8 Å². The number of hydrogen-bond donors (Lipinski definition) is 1. The van der Waals surface area contributed by atoms with Crippen LogP contribution in [0.2, 0.25) is 0 Å². The predicted molar refractivity (Wildman–Crippen MR) is 114 cm³/mol. The number of para-hydroxylation sites is 2. The average Bonchev–Trinajstić information content (AvgIpc) is 3.14. The molecule has 0 spiro atoms. The molecular weight excluding hydrogens is 372 g/mol. The molecule has 0 amide bonds. The predicted octanol–water partition coefficient (Wildman–Crippen LogP) is 5.71. The van der Waals surface area contributed by atoms with Crippen LogP contribution >= 0.6 is 11.8 Å². The van der Waals surface area contributed by atoms with E-state index in [1.54, 1.807) is 23.9 Å². The van der Waals surface area contributed by atoms with Crippen molar-refractivity contribution in [3.05, 3.63) is 54.1 Å². The molecule has 2 aromatic carbocycles. The van der Waals surface area contributed by atoms with E-state index in [9.17, 15) is 9.90 Å². The van der Waals surface area contributed by atoms with Gasteiger partial charge in [-0.2, -0.15) is 4.98 Å². The molecular formula is C22H26N2O3S. The van der Waals surface area contributed by atoms with Gasteiger partial charge in [-0.25, -0.2) is 4.79 Å². The summed E-state index contributed by atoms with van der Waals surface area (Å²) in [5.74, 6) is -0.0369. The van der Waals surface area contributed by atoms with Gasteiger partial charge in [0.15, 0.2) is 5.58 Å². The smallest absolute Gasteiger partial charge is 0.336 e. The van der Waals surface area contributed by atoms with Crippen LogP contribution in [0.4, 0.5) is 6.01 Å². The van der Waals surface area contributed by atoms with Crippen molar-refractivity contribution in [1.29, 1.82) is 0 Å². The van der Waals surface area contributed by atoms with E-state index in [-0.39, 0.29) is 0 Å². The maximum atomic E-state index is 11.3. The molecule has 0 radical (unpaired) electrons. The van der Waals surface area contributed by atoms with Crippen molar-refractivity contribution in [2.75, 3.05) is 23.7 Å². The molecule has 3 rings (SSSR count). The first-order valence-electron chi connectivity index (χ1n) is 9.74. The van der Waals surface area contributed by atoms with Crippen LogP contribution in [0.5, 0.6) is 0 Å². The number of carboxylic acids is 1. The van der Waals surface area contributed by atoms with E-state index in [1.807, 2.05) is 36.4 Å². The monoisotopic (exact) mass is 398 g/mol. The van der Waals surface area contributed by atoms with Crippen LogP contribution in [-0.2, 0) is 0 Å². The molecule has 0 aliphatic carbocycles. The number of benzene rings is 2. The molecule has 0 saturated carbocycles. The maximum absolute atomic E-state index is 11.3. The number of anilines is 1. The first-order chi connectivity index (χ1) is 13.7. The van der Waals surface area contributed by atoms with Crippen molar-refractivity contribution in [2.24, 2.45) is 0 Å². The third kappa shape index (κ3) is 5.29. The number of carbonyl (C=O) groups is 1. The van der Waals surface area contributed by atoms with Crippen molar-refractivity contribution >= 4 is 34.8 Å². The summed E-state index contributed by atoms with van der Waals surface area (Å²) < 4.78 is 5.96. The zero-order valence-corrected chi connectivity index (χ0v) is 17.0. The van der Waals surface area contributed by atoms with Crippen LogP contribution in [0.3, 0.4) is 0 Å². The van der Waals surface area contributed by atoms with Crippen molar-refractivity contribution in [2.45, 2.75) is 37.5 Å². The summed E-state index contributed by atoms with van der Waals surface area (Å²) in [6.07, 6.45) is 4.37. The number of fused-ring (bicyclic) bond motifs is 1. The Morgan fingerprint density at radius 1 is 1.07 bits per heavy atom. The molecule has 28 heavy (non-hydrogen) atoms. The highest BCUT2D eigenvalue weighted by molar-refractivity contribution is 7.99. The molecule has 0 unspecified atom stereocenters. The number of aromatic nitrogens is 1. The number of oxazole rings is 1. The van der Waals surface area contributed by atoms with Gasteiger partial charge in [0.1, 0.15) is 5.52 Å². The maximum Gasteiger partial charge on any atom is 0.336 e. The molecule has 0 fully saturated rings. The van der Waals surface area contributed by atoms with E-state index in [2.05, 4.69) is 16.8 Å². The number of hydrogen-bond acceptors (Lipinski definition) is 5. The highest BCUT2D eigenvalue weighted by Crippen LogP contribution is 2.25. The molecule has 0 bridgehead atoms. The van der Waals surface area contributed by atoms with Crippen molar-refractivity contribution in [3.63, 3.8) is 0 Å². The third-order valence-electron chi connectivity index (χ3n) is 4.53. The van der Waals surface area contributed by atoms with Crippen LogP contribution in [-0.4, -0.2) is 34.9 Å². The van der Waals surface area contributed by atoms with Crippen molar-refractivity contribution in [1.82, 2.24) is 4.98 Å². The summed E-state index contributed by atoms with van der Waals surface area (Å²) in [6, 6.07) is 15.7. The lowest BCUT2D eigenvalue weighted by Crippen LogP contribution is -2.26. The largest absolute Gasteiger partial charge is 0.478 e. The highest BCUT2D eigenvalue weighted by atomic mass is 32.2. The van der Waals surface area contributed by atoms with Gasteiger partial charge < -0.3 is 14.4 Å². The quantitative estimate of drug-likeness (QED) is 0.330. The summed E-state index contributed by atoms with van der Waals surface area (Å²) in [5, 5.41) is 9.31. The Morgan fingerprint density at radius 2 is 1.82 bits per heavy atom. The highest BCUT2D eigenvalue weighted by Gasteiger charge is 2.14. The molecule has 0 atom stereocenters. The standard InChI is InChI=1S/C22H26N2O3S/c1-2-3-8-14-24(22-23-18-11-5-6-12-19(18)27-22)15-9-16-28-20-13-7-4-10-17(20)21(25)26/h4-7,10-13H,2-3,8-9,14-16H2,1H3,(H,25,26). The Hall–Kier alpha value is -2.47. The van der Waals surface area contributed by atoms with Gasteiger partial charge in [-0.3, -0.25) is 0 Å². The lowest BCUT2D eigenvalue weighted by atomic mass is 10.2. The SMILES string of the molecule is CCCCCN(CCCSc1ccccc1C(=O)O)c1nc2ccccc2o1. The van der Waals surface area contributed by atoms with Crippen molar-refractivity contribution in [3.8, 4) is 0 Å². The van der Waals surface area contributed by atoms with E-state index in [0.717, 1.165) is 47.7 Å². The summed E-state index contributed by atoms with van der Waals surface area (Å²) in [4.78, 5) is 19.0. The number of unbranched alkanes of at least 4 members (excludes halogenated alkanes) is 2. The van der Waals surface area contributed by atoms with Crippen LogP contribution in [0.1, 0.15) is 43.0 Å². The number of aromatic carboxylic acids is 1. The van der Waals surface area contributed by atoms with Gasteiger partial charge in [-0.05, 0) is 42.9 Å². The minimum absolute atomic E-state index is 0.367. The molecule has 1 heterocycles. The second kappa shape index (κ2) is 10.2. The lowest BCUT2D eigenvalue weighted by Gasteiger charge is -2.20. The van der Waals surface area contributed by atoms with Gasteiger partial charge in [-0.15, -0.1) is 11.8 Å². The third-order valence-corrected chi connectivity index (χ3v) is 5.69. The van der Waals surface area contributed by atoms with Crippen LogP contribution in [0.15, 0.2) is 57.8 Å². The van der Waals surface area contributed by atoms with Gasteiger partial charge in [0, 0.05) is 18.0 Å². The van der Waals surface area contributed by atoms with Crippen LogP contribution in [0, 0.1) is 0 Å². The zero-order valence-electron chi connectivity index (χ0n) is 16.1. The molecule has 148 valence electrons. The summed E-state index contributed by atoms with van der Waals surface area (Å²) in [5.41, 5.74) is 2.05. The zero-order chi connectivity index (χ0) is 19.8. The summed E-state index contributed by atoms with van der Waals surface area (Å²) >= 11 is 1.59. The Labute approximate surface area is 169 Å². The van der Waals surface area contributed by atoms with E-state index >= 15 is 0 Å². The van der Waals surface area contributed by atoms with Crippen molar-refractivity contribution < 1.29 is 14.3 Å². The van der Waals surface area contributed by atoms with Gasteiger partial charge in [-0.1, -0.05) is 44.0 Å². The molecule has 1 aromatic heterocycles. The van der Waals surface area contributed by atoms with Gasteiger partial charge in [0.25, 0.3) is 6.01 Å². The molecule has 1 N–H and O–H groups in total. The number of carboxylic acid groups (broad SMARTS) is 1. The van der Waals surface area contributed by atoms with E-state index in [4.69, 9.17) is 4.42 Å². The fourth-order valence-corrected chi connectivity index (χ4v) is 4.04. The van der Waals surface area contributed by atoms with E-state index < -0.39 is 5.97 Å². The molecule has 0 aliphatic heterocycles. The Balaban J connectivity index is 1.61. The average molecular weight is 399 g/mol. The molecule has 6 heteroatoms. The Bertz CT molecular complexity index is 876. The second-order valence-electron chi connectivity index (χ2n) is 6.66. The fraction of sp³-hybridized carbons (Fsp3) is 0.364. The number of nitrogens with zero attached hydrogens (tertiary/aromatic N) is 2. The first-order valence-corrected chi connectivity index (χ1v) is 10.7. The number of rotatable bonds is 11. The number of thioether (sulfide) groups is 1. The topological polar surface area (TPSA) is 66.6 Å². The minimum atomic E-state index is -0.879. The molecule has 3 aromatic rings. The van der Waals surface area contributed by atoms with Crippen LogP contribution in [0.25, 0.3) is 11.1 Å².